The van der Waals surface area contributed by atoms with Crippen molar-refractivity contribution in [3.8, 4) is 0 Å². The van der Waals surface area contributed by atoms with Gasteiger partial charge in [0.05, 0.1) is 0 Å². The fourth-order valence-electron chi connectivity index (χ4n) is 1.03. The van der Waals surface area contributed by atoms with E-state index in [1.165, 1.54) is 0 Å². The van der Waals surface area contributed by atoms with Crippen LogP contribution in [0.25, 0.3) is 4.85 Å². The van der Waals surface area contributed by atoms with Crippen molar-refractivity contribution >= 4 is 0 Å². The first-order chi connectivity index (χ1) is 5.74. The molecule has 0 N–H and O–H groups in total. The van der Waals surface area contributed by atoms with E-state index in [9.17, 15) is 0 Å². The lowest BCUT2D eigenvalue weighted by atomic mass is 10.1. The monoisotopic (exact) mass is 173 g/mol. The minimum Gasteiger partial charge on any atom is -0.376 e. The smallest absolute Gasteiger partial charge is 0.300 e. The van der Waals surface area contributed by atoms with E-state index in [1.54, 1.807) is 21.3 Å². The third-order valence-corrected chi connectivity index (χ3v) is 1.48. The molecule has 0 unspecified atom stereocenters. The summed E-state index contributed by atoms with van der Waals surface area (Å²) in [5.74, 6) is 0. The standard InChI is InChI=1S/C8H15NO3/c1-9-8(5-10-2,6-11-3)7-12-4/h5-7H2,2-4H3. The van der Waals surface area contributed by atoms with Gasteiger partial charge in [0.25, 0.3) is 0 Å². The number of ether oxygens (including phenoxy) is 3. The fourth-order valence-corrected chi connectivity index (χ4v) is 1.03. The summed E-state index contributed by atoms with van der Waals surface area (Å²) in [5.41, 5.74) is -0.682. The maximum absolute atomic E-state index is 7.00. The molecule has 12 heavy (non-hydrogen) atoms. The summed E-state index contributed by atoms with van der Waals surface area (Å²) in [6.45, 7) is 8.00. The van der Waals surface area contributed by atoms with Gasteiger partial charge in [-0.25, -0.2) is 6.57 Å². The zero-order valence-corrected chi connectivity index (χ0v) is 7.79. The Balaban J connectivity index is 4.19. The highest BCUT2D eigenvalue weighted by molar-refractivity contribution is 4.98. The van der Waals surface area contributed by atoms with Crippen LogP contribution in [0.1, 0.15) is 0 Å². The van der Waals surface area contributed by atoms with Crippen LogP contribution in [-0.2, 0) is 14.2 Å². The van der Waals surface area contributed by atoms with Crippen molar-refractivity contribution in [2.45, 2.75) is 5.54 Å². The highest BCUT2D eigenvalue weighted by Gasteiger charge is 2.37. The van der Waals surface area contributed by atoms with Crippen molar-refractivity contribution in [2.24, 2.45) is 0 Å². The maximum atomic E-state index is 7.00. The van der Waals surface area contributed by atoms with Crippen LogP contribution in [-0.4, -0.2) is 46.7 Å². The largest absolute Gasteiger partial charge is 0.376 e. The number of methoxy groups -OCH3 is 3. The van der Waals surface area contributed by atoms with E-state index in [-0.39, 0.29) is 0 Å². The molecule has 70 valence electrons. The Hall–Kier alpha value is -0.630. The van der Waals surface area contributed by atoms with Crippen LogP contribution >= 0.6 is 0 Å². The topological polar surface area (TPSA) is 32.0 Å². The summed E-state index contributed by atoms with van der Waals surface area (Å²) in [6, 6.07) is 0. The van der Waals surface area contributed by atoms with Gasteiger partial charge < -0.3 is 19.1 Å². The minimum absolute atomic E-state index is 0.332. The molecule has 0 bridgehead atoms. The van der Waals surface area contributed by atoms with Crippen LogP contribution < -0.4 is 0 Å². The molecule has 0 aromatic carbocycles. The molecule has 0 aliphatic carbocycles. The van der Waals surface area contributed by atoms with E-state index < -0.39 is 5.54 Å². The quantitative estimate of drug-likeness (QED) is 0.551. The molecule has 0 rings (SSSR count). The first-order valence-electron chi connectivity index (χ1n) is 3.60. The lowest BCUT2D eigenvalue weighted by Gasteiger charge is -2.18. The summed E-state index contributed by atoms with van der Waals surface area (Å²) in [7, 11) is 4.68. The Morgan fingerprint density at radius 1 is 1.00 bits per heavy atom. The van der Waals surface area contributed by atoms with Gasteiger partial charge >= 0.3 is 5.54 Å². The van der Waals surface area contributed by atoms with E-state index in [1.807, 2.05) is 0 Å². The average Bonchev–Trinajstić information content (AvgIpc) is 2.06. The van der Waals surface area contributed by atoms with Crippen LogP contribution in [0.5, 0.6) is 0 Å². The van der Waals surface area contributed by atoms with Crippen molar-refractivity contribution in [1.29, 1.82) is 0 Å². The molecule has 0 saturated heterocycles. The molecule has 0 fully saturated rings. The fraction of sp³-hybridized carbons (Fsp3) is 0.875. The van der Waals surface area contributed by atoms with Crippen molar-refractivity contribution in [3.63, 3.8) is 0 Å². The number of rotatable bonds is 6. The molecule has 0 saturated carbocycles. The Morgan fingerprint density at radius 3 is 1.50 bits per heavy atom. The second-order valence-electron chi connectivity index (χ2n) is 2.64. The molecule has 0 aliphatic rings. The third kappa shape index (κ3) is 3.18. The molecule has 0 atom stereocenters. The van der Waals surface area contributed by atoms with Crippen LogP contribution in [0.4, 0.5) is 0 Å². The molecular formula is C8H15NO3. The van der Waals surface area contributed by atoms with Gasteiger partial charge in [0.1, 0.15) is 19.8 Å². The molecule has 4 nitrogen and oxygen atoms in total. The molecular weight excluding hydrogens is 158 g/mol. The lowest BCUT2D eigenvalue weighted by molar-refractivity contribution is 0.0345. The van der Waals surface area contributed by atoms with Crippen LogP contribution in [0.2, 0.25) is 0 Å². The summed E-state index contributed by atoms with van der Waals surface area (Å²) in [4.78, 5) is 3.46. The summed E-state index contributed by atoms with van der Waals surface area (Å²) >= 11 is 0. The second kappa shape index (κ2) is 5.95. The summed E-state index contributed by atoms with van der Waals surface area (Å²) in [5, 5.41) is 0. The highest BCUT2D eigenvalue weighted by Crippen LogP contribution is 2.12. The number of nitrogens with zero attached hydrogens (tertiary/aromatic N) is 1. The van der Waals surface area contributed by atoms with E-state index in [0.717, 1.165) is 0 Å². The Labute approximate surface area is 73.2 Å². The molecule has 0 aromatic heterocycles. The van der Waals surface area contributed by atoms with Gasteiger partial charge in [-0.05, 0) is 0 Å². The van der Waals surface area contributed by atoms with Crippen LogP contribution in [0.15, 0.2) is 0 Å². The van der Waals surface area contributed by atoms with Gasteiger partial charge in [0, 0.05) is 21.3 Å². The predicted octanol–water partition coefficient (Wildman–Crippen LogP) is 0.584. The molecule has 0 heterocycles. The zero-order valence-electron chi connectivity index (χ0n) is 7.79. The Morgan fingerprint density at radius 2 is 1.33 bits per heavy atom. The zero-order chi connectivity index (χ0) is 9.45. The van der Waals surface area contributed by atoms with E-state index in [0.29, 0.717) is 19.8 Å². The highest BCUT2D eigenvalue weighted by atomic mass is 16.5. The normalized spacial score (nSPS) is 11.2. The molecule has 0 radical (unpaired) electrons. The van der Waals surface area contributed by atoms with Crippen molar-refractivity contribution in [2.75, 3.05) is 41.2 Å². The molecule has 0 amide bonds. The van der Waals surface area contributed by atoms with Gasteiger partial charge in [0.15, 0.2) is 0 Å². The number of hydrogen-bond donors (Lipinski definition) is 0. The van der Waals surface area contributed by atoms with Gasteiger partial charge in [-0.1, -0.05) is 0 Å². The van der Waals surface area contributed by atoms with Crippen LogP contribution in [0.3, 0.4) is 0 Å². The van der Waals surface area contributed by atoms with Gasteiger partial charge in [-0.15, -0.1) is 0 Å². The first-order valence-corrected chi connectivity index (χ1v) is 3.60. The van der Waals surface area contributed by atoms with E-state index in [4.69, 9.17) is 20.8 Å². The van der Waals surface area contributed by atoms with Gasteiger partial charge in [0.2, 0.25) is 0 Å². The van der Waals surface area contributed by atoms with Crippen molar-refractivity contribution in [3.05, 3.63) is 11.4 Å². The maximum Gasteiger partial charge on any atom is 0.300 e. The second-order valence-corrected chi connectivity index (χ2v) is 2.64. The Bertz CT molecular complexity index is 136. The molecule has 0 aliphatic heterocycles. The van der Waals surface area contributed by atoms with Crippen molar-refractivity contribution < 1.29 is 14.2 Å². The van der Waals surface area contributed by atoms with Crippen LogP contribution in [0, 0.1) is 6.57 Å². The third-order valence-electron chi connectivity index (χ3n) is 1.48. The van der Waals surface area contributed by atoms with Gasteiger partial charge in [-0.2, -0.15) is 0 Å². The van der Waals surface area contributed by atoms with Gasteiger partial charge in [-0.3, -0.25) is 0 Å². The summed E-state index contributed by atoms with van der Waals surface area (Å²) < 4.78 is 14.8. The SMILES string of the molecule is [C-]#[N+]C(COC)(COC)COC. The molecule has 0 spiro atoms. The average molecular weight is 173 g/mol. The first kappa shape index (κ1) is 11.4. The predicted molar refractivity (Wildman–Crippen MR) is 45.0 cm³/mol. The molecule has 0 aromatic rings. The van der Waals surface area contributed by atoms with E-state index in [2.05, 4.69) is 4.85 Å². The number of hydrogen-bond acceptors (Lipinski definition) is 3. The van der Waals surface area contributed by atoms with E-state index >= 15 is 0 Å². The minimum atomic E-state index is -0.682. The molecule has 4 heteroatoms. The summed E-state index contributed by atoms with van der Waals surface area (Å²) in [6.07, 6.45) is 0. The lowest BCUT2D eigenvalue weighted by Crippen LogP contribution is -2.40. The van der Waals surface area contributed by atoms with Crippen molar-refractivity contribution in [1.82, 2.24) is 0 Å². The Kier molecular flexibility index (Phi) is 5.64.